The van der Waals surface area contributed by atoms with Crippen LogP contribution in [0.5, 0.6) is 0 Å². The van der Waals surface area contributed by atoms with Crippen molar-refractivity contribution in [2.24, 2.45) is 0 Å². The van der Waals surface area contributed by atoms with Crippen molar-refractivity contribution in [3.63, 3.8) is 0 Å². The van der Waals surface area contributed by atoms with Gasteiger partial charge in [-0.05, 0) is 61.7 Å². The number of halogens is 2. The van der Waals surface area contributed by atoms with Crippen LogP contribution in [0.3, 0.4) is 0 Å². The van der Waals surface area contributed by atoms with Gasteiger partial charge in [0.2, 0.25) is 0 Å². The van der Waals surface area contributed by atoms with Crippen LogP contribution in [0.2, 0.25) is 0 Å². The minimum Gasteiger partial charge on any atom is -0.289 e. The first-order chi connectivity index (χ1) is 8.90. The normalized spacial score (nSPS) is 10.6. The van der Waals surface area contributed by atoms with Gasteiger partial charge in [-0.1, -0.05) is 22.0 Å². The Labute approximate surface area is 120 Å². The Bertz CT molecular complexity index is 662. The molecule has 19 heavy (non-hydrogen) atoms. The fourth-order valence-corrected chi connectivity index (χ4v) is 2.47. The Morgan fingerprint density at radius 3 is 2.26 bits per heavy atom. The van der Waals surface area contributed by atoms with Crippen LogP contribution in [0.15, 0.2) is 34.8 Å². The number of hydrogen-bond donors (Lipinski definition) is 0. The van der Waals surface area contributed by atoms with E-state index in [0.29, 0.717) is 11.1 Å². The van der Waals surface area contributed by atoms with Crippen LogP contribution < -0.4 is 0 Å². The van der Waals surface area contributed by atoms with Crippen molar-refractivity contribution in [1.29, 1.82) is 0 Å². The summed E-state index contributed by atoms with van der Waals surface area (Å²) in [6.07, 6.45) is 0. The lowest BCUT2D eigenvalue weighted by molar-refractivity contribution is 0.103. The summed E-state index contributed by atoms with van der Waals surface area (Å²) in [6, 6.07) is 8.05. The predicted octanol–water partition coefficient (Wildman–Crippen LogP) is 4.74. The Morgan fingerprint density at radius 2 is 1.58 bits per heavy atom. The maximum atomic E-state index is 13.3. The maximum absolute atomic E-state index is 13.3. The fourth-order valence-electron chi connectivity index (χ4n) is 2.01. The lowest BCUT2D eigenvalue weighted by Crippen LogP contribution is -2.07. The molecule has 3 heteroatoms. The van der Waals surface area contributed by atoms with Crippen molar-refractivity contribution >= 4 is 21.7 Å². The van der Waals surface area contributed by atoms with Gasteiger partial charge in [-0.2, -0.15) is 0 Å². The van der Waals surface area contributed by atoms with Gasteiger partial charge < -0.3 is 0 Å². The molecule has 0 spiro atoms. The summed E-state index contributed by atoms with van der Waals surface area (Å²) in [4.78, 5) is 12.5. The molecule has 2 aromatic rings. The van der Waals surface area contributed by atoms with E-state index in [0.717, 1.165) is 21.2 Å². The molecule has 0 aromatic heterocycles. The molecule has 0 saturated carbocycles. The fraction of sp³-hybridized carbons (Fsp3) is 0.188. The monoisotopic (exact) mass is 320 g/mol. The summed E-state index contributed by atoms with van der Waals surface area (Å²) in [7, 11) is 0. The SMILES string of the molecule is Cc1cc(C(=O)c2cc(F)ccc2C)c(C)cc1Br. The van der Waals surface area contributed by atoms with Gasteiger partial charge in [0.15, 0.2) is 5.78 Å². The minimum absolute atomic E-state index is 0.134. The van der Waals surface area contributed by atoms with Gasteiger partial charge in [0, 0.05) is 15.6 Å². The average Bonchev–Trinajstić information content (AvgIpc) is 2.36. The zero-order chi connectivity index (χ0) is 14.2. The highest BCUT2D eigenvalue weighted by molar-refractivity contribution is 9.10. The van der Waals surface area contributed by atoms with E-state index in [1.807, 2.05) is 32.9 Å². The van der Waals surface area contributed by atoms with E-state index in [1.54, 1.807) is 6.07 Å². The molecule has 0 aliphatic rings. The smallest absolute Gasteiger partial charge is 0.193 e. The van der Waals surface area contributed by atoms with Gasteiger partial charge in [0.25, 0.3) is 0 Å². The van der Waals surface area contributed by atoms with Crippen LogP contribution in [0.4, 0.5) is 4.39 Å². The molecule has 0 unspecified atom stereocenters. The third-order valence-electron chi connectivity index (χ3n) is 3.19. The number of rotatable bonds is 2. The summed E-state index contributed by atoms with van der Waals surface area (Å²) in [6.45, 7) is 5.62. The molecule has 0 saturated heterocycles. The van der Waals surface area contributed by atoms with Crippen molar-refractivity contribution in [1.82, 2.24) is 0 Å². The molecule has 0 N–H and O–H groups in total. The lowest BCUT2D eigenvalue weighted by atomic mass is 9.95. The quantitative estimate of drug-likeness (QED) is 0.730. The number of carbonyl (C=O) groups is 1. The molecule has 0 bridgehead atoms. The highest BCUT2D eigenvalue weighted by atomic mass is 79.9. The van der Waals surface area contributed by atoms with Crippen LogP contribution in [0.25, 0.3) is 0 Å². The molecule has 0 fully saturated rings. The van der Waals surface area contributed by atoms with Crippen molar-refractivity contribution in [3.8, 4) is 0 Å². The van der Waals surface area contributed by atoms with E-state index in [1.165, 1.54) is 12.1 Å². The second kappa shape index (κ2) is 5.25. The highest BCUT2D eigenvalue weighted by Gasteiger charge is 2.16. The van der Waals surface area contributed by atoms with Crippen LogP contribution in [0, 0.1) is 26.6 Å². The minimum atomic E-state index is -0.388. The molecule has 0 atom stereocenters. The summed E-state index contributed by atoms with van der Waals surface area (Å²) in [5.74, 6) is -0.523. The molecule has 1 nitrogen and oxygen atoms in total. The Morgan fingerprint density at radius 1 is 0.947 bits per heavy atom. The zero-order valence-electron chi connectivity index (χ0n) is 11.1. The average molecular weight is 321 g/mol. The van der Waals surface area contributed by atoms with Crippen LogP contribution in [0.1, 0.15) is 32.6 Å². The van der Waals surface area contributed by atoms with Gasteiger partial charge in [-0.3, -0.25) is 4.79 Å². The number of aryl methyl sites for hydroxylation is 3. The maximum Gasteiger partial charge on any atom is 0.193 e. The van der Waals surface area contributed by atoms with Crippen molar-refractivity contribution in [2.75, 3.05) is 0 Å². The largest absolute Gasteiger partial charge is 0.289 e. The standard InChI is InChI=1S/C16H14BrFO/c1-9-4-5-12(18)8-14(9)16(19)13-6-11(3)15(17)7-10(13)2/h4-8H,1-3H3. The van der Waals surface area contributed by atoms with E-state index in [9.17, 15) is 9.18 Å². The van der Waals surface area contributed by atoms with E-state index >= 15 is 0 Å². The molecular weight excluding hydrogens is 307 g/mol. The van der Waals surface area contributed by atoms with Gasteiger partial charge in [0.1, 0.15) is 5.82 Å². The summed E-state index contributed by atoms with van der Waals surface area (Å²) in [5.41, 5.74) is 3.69. The van der Waals surface area contributed by atoms with Crippen LogP contribution >= 0.6 is 15.9 Å². The van der Waals surface area contributed by atoms with Gasteiger partial charge >= 0.3 is 0 Å². The third kappa shape index (κ3) is 2.76. The summed E-state index contributed by atoms with van der Waals surface area (Å²) < 4.78 is 14.3. The molecular formula is C16H14BrFO. The van der Waals surface area contributed by atoms with Gasteiger partial charge in [-0.25, -0.2) is 4.39 Å². The highest BCUT2D eigenvalue weighted by Crippen LogP contribution is 2.24. The molecule has 0 aliphatic heterocycles. The van der Waals surface area contributed by atoms with E-state index in [2.05, 4.69) is 15.9 Å². The van der Waals surface area contributed by atoms with E-state index in [4.69, 9.17) is 0 Å². The first-order valence-corrected chi connectivity index (χ1v) is 6.77. The van der Waals surface area contributed by atoms with Crippen molar-refractivity contribution < 1.29 is 9.18 Å². The number of ketones is 1. The molecule has 0 aliphatic carbocycles. The second-order valence-corrected chi connectivity index (χ2v) is 5.56. The van der Waals surface area contributed by atoms with Crippen LogP contribution in [-0.2, 0) is 0 Å². The van der Waals surface area contributed by atoms with Gasteiger partial charge in [-0.15, -0.1) is 0 Å². The lowest BCUT2D eigenvalue weighted by Gasteiger charge is -2.10. The van der Waals surface area contributed by atoms with E-state index in [-0.39, 0.29) is 11.6 Å². The molecule has 0 amide bonds. The topological polar surface area (TPSA) is 17.1 Å². The number of benzene rings is 2. The first kappa shape index (κ1) is 13.9. The van der Waals surface area contributed by atoms with Crippen molar-refractivity contribution in [2.45, 2.75) is 20.8 Å². The Kier molecular flexibility index (Phi) is 3.85. The molecule has 2 rings (SSSR count). The zero-order valence-corrected chi connectivity index (χ0v) is 12.6. The molecule has 0 radical (unpaired) electrons. The molecule has 2 aromatic carbocycles. The predicted molar refractivity (Wildman–Crippen MR) is 78.2 cm³/mol. The third-order valence-corrected chi connectivity index (χ3v) is 4.05. The summed E-state index contributed by atoms with van der Waals surface area (Å²) >= 11 is 3.44. The van der Waals surface area contributed by atoms with E-state index < -0.39 is 0 Å². The number of hydrogen-bond acceptors (Lipinski definition) is 1. The van der Waals surface area contributed by atoms with Gasteiger partial charge in [0.05, 0.1) is 0 Å². The second-order valence-electron chi connectivity index (χ2n) is 4.70. The summed E-state index contributed by atoms with van der Waals surface area (Å²) in [5, 5.41) is 0. The molecule has 0 heterocycles. The molecule has 98 valence electrons. The number of carbonyl (C=O) groups excluding carboxylic acids is 1. The van der Waals surface area contributed by atoms with Crippen molar-refractivity contribution in [3.05, 3.63) is 68.4 Å². The Balaban J connectivity index is 2.56. The Hall–Kier alpha value is -1.48. The first-order valence-electron chi connectivity index (χ1n) is 5.97. The van der Waals surface area contributed by atoms with Crippen LogP contribution in [-0.4, -0.2) is 5.78 Å².